The number of nitrogens with two attached hydrogens (primary N) is 1. The van der Waals surface area contributed by atoms with Gasteiger partial charge in [0.15, 0.2) is 0 Å². The first-order valence-corrected chi connectivity index (χ1v) is 12.3. The van der Waals surface area contributed by atoms with Crippen LogP contribution < -0.4 is 5.73 Å². The highest BCUT2D eigenvalue weighted by Gasteiger charge is 2.51. The van der Waals surface area contributed by atoms with Gasteiger partial charge in [-0.3, -0.25) is 14.5 Å². The third-order valence-electron chi connectivity index (χ3n) is 6.84. The number of hydrogen-bond acceptors (Lipinski definition) is 9. The van der Waals surface area contributed by atoms with Gasteiger partial charge in [0.25, 0.3) is 0 Å². The number of piperazine rings is 1. The van der Waals surface area contributed by atoms with Crippen LogP contribution in [0.4, 0.5) is 0 Å². The highest BCUT2D eigenvalue weighted by atomic mass is 32.2. The second kappa shape index (κ2) is 10.6. The number of hydroxylamine groups is 2. The van der Waals surface area contributed by atoms with Gasteiger partial charge in [-0.1, -0.05) is 12.1 Å². The third-order valence-corrected chi connectivity index (χ3v) is 7.43. The zero-order valence-corrected chi connectivity index (χ0v) is 20.6. The van der Waals surface area contributed by atoms with Crippen molar-refractivity contribution in [3.05, 3.63) is 29.8 Å². The van der Waals surface area contributed by atoms with E-state index in [9.17, 15) is 14.9 Å². The van der Waals surface area contributed by atoms with Crippen LogP contribution in [0.3, 0.4) is 0 Å². The van der Waals surface area contributed by atoms with Gasteiger partial charge in [-0.2, -0.15) is 10.3 Å². The molecule has 1 aromatic carbocycles. The third kappa shape index (κ3) is 5.07. The summed E-state index contributed by atoms with van der Waals surface area (Å²) >= 11 is 1.12. The first-order chi connectivity index (χ1) is 16.3. The molecule has 10 nitrogen and oxygen atoms in total. The van der Waals surface area contributed by atoms with Gasteiger partial charge in [0, 0.05) is 44.7 Å². The Balaban J connectivity index is 1.32. The fraction of sp³-hybridized carbons (Fsp3) is 0.609. The minimum atomic E-state index is -0.726. The summed E-state index contributed by atoms with van der Waals surface area (Å²) in [6.45, 7) is 3.66. The highest BCUT2D eigenvalue weighted by molar-refractivity contribution is 7.94. The van der Waals surface area contributed by atoms with Crippen LogP contribution >= 0.6 is 12.0 Å². The lowest BCUT2D eigenvalue weighted by Gasteiger charge is -2.38. The van der Waals surface area contributed by atoms with Crippen molar-refractivity contribution < 1.29 is 18.9 Å². The molecule has 3 saturated heterocycles. The van der Waals surface area contributed by atoms with E-state index in [2.05, 4.69) is 6.07 Å². The molecule has 4 rings (SSSR count). The normalized spacial score (nSPS) is 26.4. The van der Waals surface area contributed by atoms with E-state index in [1.165, 1.54) is 5.06 Å². The van der Waals surface area contributed by atoms with E-state index < -0.39 is 6.04 Å². The molecular formula is C23H32N6O4S. The fourth-order valence-electron chi connectivity index (χ4n) is 5.18. The summed E-state index contributed by atoms with van der Waals surface area (Å²) in [5.74, 6) is -0.108. The number of benzene rings is 1. The van der Waals surface area contributed by atoms with Crippen LogP contribution in [-0.2, 0) is 18.9 Å². The first kappa shape index (κ1) is 24.9. The molecule has 0 saturated carbocycles. The summed E-state index contributed by atoms with van der Waals surface area (Å²) in [5, 5.41) is 10.7. The summed E-state index contributed by atoms with van der Waals surface area (Å²) < 4.78 is 5.06. The van der Waals surface area contributed by atoms with Gasteiger partial charge in [0.2, 0.25) is 11.8 Å². The molecule has 3 fully saturated rings. The fourth-order valence-corrected chi connectivity index (χ4v) is 5.66. The zero-order valence-electron chi connectivity index (χ0n) is 19.8. The maximum atomic E-state index is 13.2. The SMILES string of the molecule is C[C@@H](c1ccc(SOON(C)C)cc1)N1C(=O)[C@@H]2CC1CN2C[C@H](N)C(=O)N1CCC[C@H]1C#N. The Labute approximate surface area is 204 Å². The summed E-state index contributed by atoms with van der Waals surface area (Å²) in [6, 6.07) is 8.75. The van der Waals surface area contributed by atoms with Gasteiger partial charge >= 0.3 is 0 Å². The Morgan fingerprint density at radius 1 is 1.35 bits per heavy atom. The Morgan fingerprint density at radius 3 is 2.74 bits per heavy atom. The maximum Gasteiger partial charge on any atom is 0.241 e. The van der Waals surface area contributed by atoms with Crippen molar-refractivity contribution in [1.82, 2.24) is 19.8 Å². The summed E-state index contributed by atoms with van der Waals surface area (Å²) in [7, 11) is 3.47. The lowest BCUT2D eigenvalue weighted by molar-refractivity contribution is -0.340. The van der Waals surface area contributed by atoms with Crippen LogP contribution in [-0.4, -0.2) is 89.5 Å². The molecule has 3 heterocycles. The summed E-state index contributed by atoms with van der Waals surface area (Å²) in [6.07, 6.45) is 2.27. The van der Waals surface area contributed by atoms with Crippen molar-refractivity contribution in [2.45, 2.75) is 61.3 Å². The number of carbonyl (C=O) groups excluding carboxylic acids is 2. The molecule has 1 aromatic rings. The zero-order chi connectivity index (χ0) is 24.4. The summed E-state index contributed by atoms with van der Waals surface area (Å²) in [5.41, 5.74) is 7.28. The lowest BCUT2D eigenvalue weighted by Crippen LogP contribution is -2.56. The van der Waals surface area contributed by atoms with Gasteiger partial charge < -0.3 is 15.5 Å². The number of rotatable bonds is 9. The highest BCUT2D eigenvalue weighted by Crippen LogP contribution is 2.38. The Hall–Kier alpha value is -2.20. The Bertz CT molecular complexity index is 938. The average molecular weight is 489 g/mol. The van der Waals surface area contributed by atoms with E-state index in [0.717, 1.165) is 35.3 Å². The van der Waals surface area contributed by atoms with E-state index in [-0.39, 0.29) is 36.0 Å². The molecule has 0 aliphatic carbocycles. The molecular weight excluding hydrogens is 456 g/mol. The van der Waals surface area contributed by atoms with Crippen LogP contribution in [0.5, 0.6) is 0 Å². The molecule has 34 heavy (non-hydrogen) atoms. The smallest absolute Gasteiger partial charge is 0.241 e. The second-order valence-electron chi connectivity index (χ2n) is 9.31. The molecule has 0 spiro atoms. The number of carbonyl (C=O) groups is 2. The monoisotopic (exact) mass is 488 g/mol. The second-order valence-corrected chi connectivity index (χ2v) is 10.1. The molecule has 2 bridgehead atoms. The molecule has 2 N–H and O–H groups in total. The standard InChI is InChI=1S/C23H32N6O4S/c1-15(16-6-8-19(9-7-16)34-33-32-26(2)3)29-18-11-21(23(29)31)27(13-18)14-20(25)22(30)28-10-4-5-17(28)12-24/h6-9,15,17-18,20-21H,4-5,10-11,13-14,25H2,1-3H3/t15-,17-,18?,20-,21-/m0/s1. The minimum Gasteiger partial charge on any atom is -0.330 e. The number of hydrogen-bond donors (Lipinski definition) is 1. The first-order valence-electron chi connectivity index (χ1n) is 11.6. The Kier molecular flexibility index (Phi) is 7.77. The molecule has 3 aliphatic heterocycles. The van der Waals surface area contributed by atoms with Crippen molar-refractivity contribution in [1.29, 1.82) is 5.26 Å². The number of nitriles is 1. The number of likely N-dealkylation sites (tertiary alicyclic amines) is 3. The van der Waals surface area contributed by atoms with E-state index in [4.69, 9.17) is 15.1 Å². The predicted octanol–water partition coefficient (Wildman–Crippen LogP) is 1.31. The van der Waals surface area contributed by atoms with E-state index in [1.54, 1.807) is 19.0 Å². The van der Waals surface area contributed by atoms with Crippen molar-refractivity contribution >= 4 is 23.9 Å². The maximum absolute atomic E-state index is 13.2. The van der Waals surface area contributed by atoms with Crippen LogP contribution in [0.2, 0.25) is 0 Å². The molecule has 3 aliphatic rings. The van der Waals surface area contributed by atoms with Crippen molar-refractivity contribution in [3.8, 4) is 6.07 Å². The molecule has 11 heteroatoms. The predicted molar refractivity (Wildman–Crippen MR) is 126 cm³/mol. The van der Waals surface area contributed by atoms with E-state index >= 15 is 0 Å². The van der Waals surface area contributed by atoms with Crippen molar-refractivity contribution in [2.24, 2.45) is 5.73 Å². The molecule has 0 aromatic heterocycles. The number of fused-ring (bicyclic) bond motifs is 2. The van der Waals surface area contributed by atoms with Gasteiger partial charge in [0.05, 0.1) is 36.2 Å². The average Bonchev–Trinajstić information content (AvgIpc) is 3.53. The molecule has 0 radical (unpaired) electrons. The van der Waals surface area contributed by atoms with Gasteiger partial charge in [-0.25, -0.2) is 0 Å². The molecule has 5 atom stereocenters. The lowest BCUT2D eigenvalue weighted by atomic mass is 10.1. The van der Waals surface area contributed by atoms with Crippen LogP contribution in [0.25, 0.3) is 0 Å². The Morgan fingerprint density at radius 2 is 2.09 bits per heavy atom. The van der Waals surface area contributed by atoms with Crippen LogP contribution in [0.1, 0.15) is 37.8 Å². The van der Waals surface area contributed by atoms with Crippen LogP contribution in [0.15, 0.2) is 29.2 Å². The van der Waals surface area contributed by atoms with Crippen LogP contribution in [0, 0.1) is 11.3 Å². The minimum absolute atomic E-state index is 0.0565. The number of nitrogens with zero attached hydrogens (tertiary/aromatic N) is 5. The molecule has 2 amide bonds. The van der Waals surface area contributed by atoms with Gasteiger partial charge in [0.1, 0.15) is 6.04 Å². The quantitative estimate of drug-likeness (QED) is 0.312. The van der Waals surface area contributed by atoms with Crippen molar-refractivity contribution in [2.75, 3.05) is 33.7 Å². The van der Waals surface area contributed by atoms with Gasteiger partial charge in [-0.15, -0.1) is 9.32 Å². The largest absolute Gasteiger partial charge is 0.330 e. The van der Waals surface area contributed by atoms with Crippen molar-refractivity contribution in [3.63, 3.8) is 0 Å². The van der Waals surface area contributed by atoms with E-state index in [0.29, 0.717) is 26.1 Å². The molecule has 1 unspecified atom stereocenters. The molecule has 184 valence electrons. The number of amides is 2. The van der Waals surface area contributed by atoms with Gasteiger partial charge in [-0.05, 0) is 43.9 Å². The topological polar surface area (TPSA) is 115 Å². The summed E-state index contributed by atoms with van der Waals surface area (Å²) in [4.78, 5) is 37.4. The van der Waals surface area contributed by atoms with E-state index in [1.807, 2.05) is 41.0 Å².